The van der Waals surface area contributed by atoms with Crippen LogP contribution in [-0.2, 0) is 0 Å². The van der Waals surface area contributed by atoms with Crippen LogP contribution in [0.4, 0.5) is 0 Å². The van der Waals surface area contributed by atoms with Crippen LogP contribution in [-0.4, -0.2) is 45.5 Å². The van der Waals surface area contributed by atoms with Crippen molar-refractivity contribution < 1.29 is 9.47 Å². The van der Waals surface area contributed by atoms with Crippen molar-refractivity contribution in [2.75, 3.05) is 13.2 Å². The van der Waals surface area contributed by atoms with E-state index in [4.69, 9.17) is 9.47 Å². The summed E-state index contributed by atoms with van der Waals surface area (Å²) in [5.74, 6) is 44.8. The van der Waals surface area contributed by atoms with E-state index < -0.39 is 32.3 Å². The van der Waals surface area contributed by atoms with Gasteiger partial charge in [0.05, 0.1) is 35.5 Å². The van der Waals surface area contributed by atoms with E-state index in [1.807, 2.05) is 0 Å². The van der Waals surface area contributed by atoms with Crippen molar-refractivity contribution >= 4 is 32.3 Å². The van der Waals surface area contributed by atoms with Crippen LogP contribution in [0.15, 0.2) is 97.1 Å². The molecule has 0 aromatic heterocycles. The number of hydrogen-bond donors (Lipinski definition) is 0. The van der Waals surface area contributed by atoms with Gasteiger partial charge in [-0.1, -0.05) is 264 Å². The summed E-state index contributed by atoms with van der Waals surface area (Å²) in [7, 11) is -7.82. The monoisotopic (exact) mass is 1340 g/mol. The largest absolute Gasteiger partial charge is 0.491 e. The second-order valence-corrected chi connectivity index (χ2v) is 52.8. The van der Waals surface area contributed by atoms with E-state index in [9.17, 15) is 0 Å². The summed E-state index contributed by atoms with van der Waals surface area (Å²) in [5, 5.41) is 0. The summed E-state index contributed by atoms with van der Waals surface area (Å²) in [6.07, 6.45) is 3.50. The third-order valence-corrected chi connectivity index (χ3v) is 46.1. The van der Waals surface area contributed by atoms with Crippen molar-refractivity contribution in [1.29, 1.82) is 0 Å². The zero-order valence-corrected chi connectivity index (χ0v) is 68.2. The minimum absolute atomic E-state index is 0.437. The fourth-order valence-electron chi connectivity index (χ4n) is 15.6. The van der Waals surface area contributed by atoms with Gasteiger partial charge < -0.3 is 9.47 Å². The minimum Gasteiger partial charge on any atom is -0.491 e. The first-order valence-corrected chi connectivity index (χ1v) is 45.4. The number of ether oxygens (including phenoxy) is 2. The van der Waals surface area contributed by atoms with Crippen LogP contribution in [0.1, 0.15) is 272 Å². The van der Waals surface area contributed by atoms with Gasteiger partial charge in [0.2, 0.25) is 0 Å². The maximum atomic E-state index is 7.12. The van der Waals surface area contributed by atoms with Gasteiger partial charge in [0.1, 0.15) is 32.3 Å². The van der Waals surface area contributed by atoms with Gasteiger partial charge in [0, 0.05) is 44.5 Å². The molecule has 0 aliphatic carbocycles. The molecular weight excluding hydrogens is 1230 g/mol. The lowest BCUT2D eigenvalue weighted by Crippen LogP contribution is -2.43. The van der Waals surface area contributed by atoms with Crippen molar-refractivity contribution in [2.45, 2.75) is 272 Å². The lowest BCUT2D eigenvalue weighted by atomic mass is 9.94. The molecule has 0 atom stereocenters. The minimum atomic E-state index is -1.96. The molecule has 0 spiro atoms. The maximum Gasteiger partial charge on any atom is 0.153 e. The molecule has 0 amide bonds. The van der Waals surface area contributed by atoms with Gasteiger partial charge >= 0.3 is 0 Å². The standard InChI is InChI=1S/C90H118O2Si4/c1-27-29-59-91-89-85(51-47-77-31-39-81(40-32-77)55-61-93(65(3)4,66(5)6)67(7)8)87(53-49-79-35-43-83(44-36-79)57-63-95(71(15)16,72(17)18)73(19)20)90(92-60-30-28-2)88(54-50-80-37-45-84(46-38-80)58-64-96(74(21)22,75(23)24)76(25)26)86(89)52-48-78-33-41-82(42-34-78)56-62-94(68(9)10,69(11)12)70(13)14/h31-46,65-76H,27-30,59-60H2,1-26H3. The molecule has 5 aromatic carbocycles. The lowest BCUT2D eigenvalue weighted by molar-refractivity contribution is 0.298. The highest BCUT2D eigenvalue weighted by Gasteiger charge is 2.45. The van der Waals surface area contributed by atoms with Crippen LogP contribution in [0.3, 0.4) is 0 Å². The van der Waals surface area contributed by atoms with Gasteiger partial charge in [-0.25, -0.2) is 0 Å². The number of benzene rings is 5. The summed E-state index contributed by atoms with van der Waals surface area (Å²) in [4.78, 5) is 0. The van der Waals surface area contributed by atoms with Gasteiger partial charge in [0.15, 0.2) is 11.5 Å². The molecule has 2 nitrogen and oxygen atoms in total. The molecule has 96 heavy (non-hydrogen) atoms. The summed E-state index contributed by atoms with van der Waals surface area (Å²) in [6, 6.07) is 33.6. The maximum absolute atomic E-state index is 7.12. The van der Waals surface area contributed by atoms with Gasteiger partial charge in [-0.3, -0.25) is 0 Å². The molecule has 0 saturated carbocycles. The van der Waals surface area contributed by atoms with E-state index in [1.54, 1.807) is 0 Å². The zero-order chi connectivity index (χ0) is 71.3. The average molecular weight is 1340 g/mol. The van der Waals surface area contributed by atoms with Crippen molar-refractivity contribution in [1.82, 2.24) is 0 Å². The Labute approximate surface area is 591 Å². The molecule has 0 bridgehead atoms. The van der Waals surface area contributed by atoms with E-state index in [2.05, 4.69) is 370 Å². The molecule has 506 valence electrons. The van der Waals surface area contributed by atoms with Crippen molar-refractivity contribution in [3.8, 4) is 105 Å². The molecule has 0 unspecified atom stereocenters. The van der Waals surface area contributed by atoms with Crippen molar-refractivity contribution in [3.05, 3.63) is 164 Å². The van der Waals surface area contributed by atoms with Crippen LogP contribution >= 0.6 is 0 Å². The number of unbranched alkanes of at least 4 members (excludes halogenated alkanes) is 2. The molecule has 0 saturated heterocycles. The summed E-state index contributed by atoms with van der Waals surface area (Å²) >= 11 is 0. The van der Waals surface area contributed by atoms with E-state index >= 15 is 0 Å². The summed E-state index contributed by atoms with van der Waals surface area (Å²) in [6.45, 7) is 61.9. The van der Waals surface area contributed by atoms with Crippen LogP contribution in [0.2, 0.25) is 66.5 Å². The molecule has 5 rings (SSSR count). The smallest absolute Gasteiger partial charge is 0.153 e. The number of hydrogen-bond acceptors (Lipinski definition) is 2. The van der Waals surface area contributed by atoms with E-state index in [0.29, 0.717) is 113 Å². The Morgan fingerprint density at radius 1 is 0.229 bits per heavy atom. The Bertz CT molecular complexity index is 3330. The van der Waals surface area contributed by atoms with E-state index in [-0.39, 0.29) is 0 Å². The van der Waals surface area contributed by atoms with Gasteiger partial charge in [-0.15, -0.1) is 22.2 Å². The van der Waals surface area contributed by atoms with Crippen molar-refractivity contribution in [3.63, 3.8) is 0 Å². The molecule has 0 N–H and O–H groups in total. The van der Waals surface area contributed by atoms with Crippen LogP contribution in [0.5, 0.6) is 11.5 Å². The lowest BCUT2D eigenvalue weighted by Gasteiger charge is -2.38. The summed E-state index contributed by atoms with van der Waals surface area (Å²) in [5.41, 5.74) is 31.9. The molecule has 0 aliphatic heterocycles. The molecule has 0 heterocycles. The van der Waals surface area contributed by atoms with Crippen LogP contribution in [0, 0.1) is 93.2 Å². The molecule has 6 heteroatoms. The molecule has 0 radical (unpaired) electrons. The predicted octanol–water partition coefficient (Wildman–Crippen LogP) is 23.9. The molecular formula is C90H118O2Si4. The first-order valence-electron chi connectivity index (χ1n) is 36.5. The highest BCUT2D eigenvalue weighted by molar-refractivity contribution is 6.92. The fraction of sp³-hybridized carbons (Fsp3) is 0.489. The highest BCUT2D eigenvalue weighted by atomic mass is 28.3. The zero-order valence-electron chi connectivity index (χ0n) is 64.2. The van der Waals surface area contributed by atoms with Gasteiger partial charge in [0.25, 0.3) is 0 Å². The Morgan fingerprint density at radius 2 is 0.375 bits per heavy atom. The number of rotatable bonds is 20. The van der Waals surface area contributed by atoms with Gasteiger partial charge in [-0.05, 0) is 176 Å². The SMILES string of the molecule is CCCCOc1c(C#Cc2ccc(C#C[Si](C(C)C)(C(C)C)C(C)C)cc2)c(C#Cc2ccc(C#C[Si](C(C)C)(C(C)C)C(C)C)cc2)c(OCCCC)c(C#Cc2ccc(C#C[Si](C(C)C)(C(C)C)C(C)C)cc2)c1C#Cc1ccc(C#C[Si](C(C)C)(C(C)C)C(C)C)cc1. The first kappa shape index (κ1) is 79.7. The van der Waals surface area contributed by atoms with Crippen molar-refractivity contribution in [2.24, 2.45) is 0 Å². The quantitative estimate of drug-likeness (QED) is 0.0439. The van der Waals surface area contributed by atoms with Crippen LogP contribution < -0.4 is 9.47 Å². The Morgan fingerprint density at radius 3 is 0.510 bits per heavy atom. The first-order chi connectivity index (χ1) is 45.4. The van der Waals surface area contributed by atoms with Crippen LogP contribution in [0.25, 0.3) is 0 Å². The molecule has 0 aliphatic rings. The fourth-order valence-corrected chi connectivity index (χ4v) is 36.6. The normalized spacial score (nSPS) is 11.7. The average Bonchev–Trinajstić information content (AvgIpc) is 0.762. The van der Waals surface area contributed by atoms with Gasteiger partial charge in [-0.2, -0.15) is 0 Å². The second-order valence-electron chi connectivity index (χ2n) is 30.5. The Balaban J connectivity index is 1.94. The predicted molar refractivity (Wildman–Crippen MR) is 429 cm³/mol. The third-order valence-electron chi connectivity index (χ3n) is 20.9. The second kappa shape index (κ2) is 36.6. The summed E-state index contributed by atoms with van der Waals surface area (Å²) < 4.78 is 14.2. The molecule has 5 aromatic rings. The highest BCUT2D eigenvalue weighted by Crippen LogP contribution is 2.45. The third kappa shape index (κ3) is 19.2. The Hall–Kier alpha value is -6.95. The van der Waals surface area contributed by atoms with E-state index in [0.717, 1.165) is 70.2 Å². The topological polar surface area (TPSA) is 18.5 Å². The molecule has 0 fully saturated rings. The Kier molecular flexibility index (Phi) is 30.4. The van der Waals surface area contributed by atoms with E-state index in [1.165, 1.54) is 0 Å².